The third-order valence-electron chi connectivity index (χ3n) is 4.27. The highest BCUT2D eigenvalue weighted by Gasteiger charge is 2.20. The highest BCUT2D eigenvalue weighted by atomic mass is 16.6. The predicted molar refractivity (Wildman–Crippen MR) is 107 cm³/mol. The first kappa shape index (κ1) is 20.8. The zero-order valence-electron chi connectivity index (χ0n) is 16.9. The fraction of sp³-hybridized carbons (Fsp3) is 0.316. The highest BCUT2D eigenvalue weighted by Crippen LogP contribution is 2.24. The summed E-state index contributed by atoms with van der Waals surface area (Å²) in [5.41, 5.74) is 2.47. The van der Waals surface area contributed by atoms with Crippen molar-refractivity contribution in [3.05, 3.63) is 58.0 Å². The molecule has 0 aliphatic heterocycles. The maximum atomic E-state index is 12.2. The summed E-state index contributed by atoms with van der Waals surface area (Å²) in [6, 6.07) is 5.92. The molecule has 2 aromatic heterocycles. The van der Waals surface area contributed by atoms with Crippen LogP contribution in [0.5, 0.6) is 11.6 Å². The topological polar surface area (TPSA) is 126 Å². The Balaban J connectivity index is 1.50. The van der Waals surface area contributed by atoms with Gasteiger partial charge in [0.25, 0.3) is 0 Å². The number of amides is 1. The largest absolute Gasteiger partial charge is 0.475 e. The Hall–Kier alpha value is -3.89. The number of methoxy groups -OCH3 is 1. The van der Waals surface area contributed by atoms with Crippen molar-refractivity contribution >= 4 is 17.3 Å². The van der Waals surface area contributed by atoms with Gasteiger partial charge in [0.1, 0.15) is 11.9 Å². The molecule has 0 atom stereocenters. The van der Waals surface area contributed by atoms with E-state index in [0.717, 1.165) is 16.9 Å². The summed E-state index contributed by atoms with van der Waals surface area (Å²) in [5, 5.41) is 21.8. The Morgan fingerprint density at radius 2 is 2.07 bits per heavy atom. The number of aryl methyl sites for hydroxylation is 3. The van der Waals surface area contributed by atoms with Crippen LogP contribution < -0.4 is 14.8 Å². The van der Waals surface area contributed by atoms with Gasteiger partial charge in [-0.2, -0.15) is 5.10 Å². The second-order valence-corrected chi connectivity index (χ2v) is 6.65. The van der Waals surface area contributed by atoms with Gasteiger partial charge in [0.05, 0.1) is 36.7 Å². The Kier molecular flexibility index (Phi) is 6.30. The van der Waals surface area contributed by atoms with Gasteiger partial charge in [-0.05, 0) is 25.5 Å². The minimum atomic E-state index is -0.586. The van der Waals surface area contributed by atoms with Gasteiger partial charge in [0.15, 0.2) is 6.73 Å². The molecule has 3 aromatic rings. The Morgan fingerprint density at radius 3 is 2.73 bits per heavy atom. The van der Waals surface area contributed by atoms with Crippen LogP contribution in [0.15, 0.2) is 36.8 Å². The zero-order chi connectivity index (χ0) is 21.7. The van der Waals surface area contributed by atoms with Crippen LogP contribution >= 0.6 is 0 Å². The molecule has 1 N–H and O–H groups in total. The summed E-state index contributed by atoms with van der Waals surface area (Å²) in [6.45, 7) is 4.36. The van der Waals surface area contributed by atoms with Gasteiger partial charge in [-0.25, -0.2) is 4.68 Å². The second kappa shape index (κ2) is 9.07. The van der Waals surface area contributed by atoms with E-state index in [1.54, 1.807) is 10.9 Å². The lowest BCUT2D eigenvalue weighted by Crippen LogP contribution is -2.14. The van der Waals surface area contributed by atoms with Gasteiger partial charge in [0, 0.05) is 6.42 Å². The van der Waals surface area contributed by atoms with Crippen molar-refractivity contribution in [3.8, 4) is 11.6 Å². The van der Waals surface area contributed by atoms with Crippen LogP contribution in [0, 0.1) is 24.0 Å². The van der Waals surface area contributed by atoms with Crippen LogP contribution in [0.4, 0.5) is 11.4 Å². The number of carbonyl (C=O) groups is 1. The van der Waals surface area contributed by atoms with Gasteiger partial charge in [0.2, 0.25) is 5.91 Å². The van der Waals surface area contributed by atoms with E-state index in [9.17, 15) is 14.9 Å². The first-order valence-electron chi connectivity index (χ1n) is 9.14. The summed E-state index contributed by atoms with van der Waals surface area (Å²) in [6.07, 6.45) is 4.48. The number of aromatic nitrogens is 4. The fourth-order valence-electron chi connectivity index (χ4n) is 2.81. The molecule has 0 aliphatic carbocycles. The van der Waals surface area contributed by atoms with E-state index in [0.29, 0.717) is 5.69 Å². The number of rotatable bonds is 9. The summed E-state index contributed by atoms with van der Waals surface area (Å²) in [4.78, 5) is 22.5. The summed E-state index contributed by atoms with van der Waals surface area (Å²) < 4.78 is 13.5. The van der Waals surface area contributed by atoms with Crippen molar-refractivity contribution in [1.29, 1.82) is 0 Å². The van der Waals surface area contributed by atoms with Crippen molar-refractivity contribution in [3.63, 3.8) is 0 Å². The van der Waals surface area contributed by atoms with Gasteiger partial charge in [-0.1, -0.05) is 17.7 Å². The monoisotopic (exact) mass is 414 g/mol. The number of ether oxygens (including phenoxy) is 2. The molecule has 0 saturated carbocycles. The molecule has 3 rings (SSSR count). The number of nitrogens with one attached hydrogen (secondary N) is 1. The molecule has 0 spiro atoms. The average molecular weight is 414 g/mol. The lowest BCUT2D eigenvalue weighted by molar-refractivity contribution is -0.385. The molecule has 11 nitrogen and oxygen atoms in total. The molecule has 0 saturated heterocycles. The van der Waals surface area contributed by atoms with E-state index >= 15 is 0 Å². The first-order valence-corrected chi connectivity index (χ1v) is 9.14. The van der Waals surface area contributed by atoms with Gasteiger partial charge < -0.3 is 14.8 Å². The molecule has 0 aliphatic rings. The molecular formula is C19H22N6O5. The average Bonchev–Trinajstić information content (AvgIpc) is 3.32. The standard InChI is InChI=1S/C19H22N6O5/c1-13-4-5-17(14(2)8-13)30-12-24-10-15(9-20-24)21-18(26)6-7-23-11-16(25(27)28)19(22-23)29-3/h4-5,8-11H,6-7,12H2,1-3H3,(H,21,26). The Bertz CT molecular complexity index is 1060. The second-order valence-electron chi connectivity index (χ2n) is 6.65. The lowest BCUT2D eigenvalue weighted by atomic mass is 10.1. The maximum absolute atomic E-state index is 12.2. The van der Waals surface area contributed by atoms with Crippen molar-refractivity contribution < 1.29 is 19.2 Å². The highest BCUT2D eigenvalue weighted by molar-refractivity contribution is 5.90. The van der Waals surface area contributed by atoms with Crippen molar-refractivity contribution in [2.45, 2.75) is 33.5 Å². The SMILES string of the molecule is COc1nn(CCC(=O)Nc2cnn(COc3ccc(C)cc3C)c2)cc1[N+](=O)[O-]. The third-order valence-corrected chi connectivity index (χ3v) is 4.27. The maximum Gasteiger partial charge on any atom is 0.350 e. The van der Waals surface area contributed by atoms with Crippen molar-refractivity contribution in [2.24, 2.45) is 0 Å². The van der Waals surface area contributed by atoms with Crippen LogP contribution in [0.1, 0.15) is 17.5 Å². The van der Waals surface area contributed by atoms with Crippen LogP contribution in [0.2, 0.25) is 0 Å². The van der Waals surface area contributed by atoms with Crippen molar-refractivity contribution in [1.82, 2.24) is 19.6 Å². The van der Waals surface area contributed by atoms with E-state index < -0.39 is 4.92 Å². The predicted octanol–water partition coefficient (Wildman–Crippen LogP) is 2.68. The van der Waals surface area contributed by atoms with Crippen LogP contribution in [0.3, 0.4) is 0 Å². The first-order chi connectivity index (χ1) is 14.4. The smallest absolute Gasteiger partial charge is 0.350 e. The van der Waals surface area contributed by atoms with E-state index in [2.05, 4.69) is 15.5 Å². The molecule has 0 radical (unpaired) electrons. The summed E-state index contributed by atoms with van der Waals surface area (Å²) in [5.74, 6) is 0.401. The lowest BCUT2D eigenvalue weighted by Gasteiger charge is -2.09. The molecular weight excluding hydrogens is 392 g/mol. The Labute approximate surface area is 172 Å². The van der Waals surface area contributed by atoms with Gasteiger partial charge in [-0.3, -0.25) is 19.6 Å². The molecule has 11 heteroatoms. The van der Waals surface area contributed by atoms with Crippen LogP contribution in [-0.4, -0.2) is 37.5 Å². The molecule has 2 heterocycles. The number of nitrogens with zero attached hydrogens (tertiary/aromatic N) is 5. The molecule has 0 unspecified atom stereocenters. The van der Waals surface area contributed by atoms with E-state index in [1.807, 2.05) is 32.0 Å². The van der Waals surface area contributed by atoms with Gasteiger partial charge >= 0.3 is 11.6 Å². The quantitative estimate of drug-likeness (QED) is 0.421. The number of anilines is 1. The molecule has 0 fully saturated rings. The number of benzene rings is 1. The minimum Gasteiger partial charge on any atom is -0.475 e. The molecule has 1 amide bonds. The molecule has 0 bridgehead atoms. The van der Waals surface area contributed by atoms with Crippen LogP contribution in [-0.2, 0) is 18.1 Å². The number of hydrogen-bond acceptors (Lipinski definition) is 7. The van der Waals surface area contributed by atoms with E-state index in [4.69, 9.17) is 9.47 Å². The summed E-state index contributed by atoms with van der Waals surface area (Å²) >= 11 is 0. The molecule has 158 valence electrons. The normalized spacial score (nSPS) is 10.6. The third kappa shape index (κ3) is 5.13. The zero-order valence-corrected chi connectivity index (χ0v) is 16.9. The van der Waals surface area contributed by atoms with E-state index in [1.165, 1.54) is 24.2 Å². The minimum absolute atomic E-state index is 0.0756. The Morgan fingerprint density at radius 1 is 1.27 bits per heavy atom. The fourth-order valence-corrected chi connectivity index (χ4v) is 2.81. The summed E-state index contributed by atoms with van der Waals surface area (Å²) in [7, 11) is 1.30. The number of nitro groups is 1. The van der Waals surface area contributed by atoms with E-state index in [-0.39, 0.29) is 37.2 Å². The molecule has 30 heavy (non-hydrogen) atoms. The number of carbonyl (C=O) groups excluding carboxylic acids is 1. The number of hydrogen-bond donors (Lipinski definition) is 1. The van der Waals surface area contributed by atoms with Crippen LogP contribution in [0.25, 0.3) is 0 Å². The molecule has 1 aromatic carbocycles. The van der Waals surface area contributed by atoms with Gasteiger partial charge in [-0.15, -0.1) is 5.10 Å². The van der Waals surface area contributed by atoms with Crippen molar-refractivity contribution in [2.75, 3.05) is 12.4 Å².